The molecule has 1 aromatic heterocycles. The number of carbonyl (C=O) groups is 3. The molecule has 1 fully saturated rings. The Hall–Kier alpha value is -2.42. The lowest BCUT2D eigenvalue weighted by atomic mass is 9.95. The van der Waals surface area contributed by atoms with Crippen LogP contribution in [-0.2, 0) is 27.5 Å². The van der Waals surface area contributed by atoms with Gasteiger partial charge in [-0.15, -0.1) is 11.3 Å². The molecule has 0 atom stereocenters. The second-order valence-electron chi connectivity index (χ2n) is 7.00. The number of likely N-dealkylation sites (tertiary alicyclic amines) is 1. The molecule has 30 heavy (non-hydrogen) atoms. The molecule has 0 spiro atoms. The number of nitrogens with zero attached hydrogens (tertiary/aromatic N) is 1. The molecule has 0 radical (unpaired) electrons. The van der Waals surface area contributed by atoms with Gasteiger partial charge in [0.1, 0.15) is 0 Å². The molecular formula is C21H25ClN2O5S. The van der Waals surface area contributed by atoms with Crippen molar-refractivity contribution in [1.29, 1.82) is 0 Å². The normalized spacial score (nSPS) is 14.5. The van der Waals surface area contributed by atoms with E-state index in [-0.39, 0.29) is 11.8 Å². The first-order valence-corrected chi connectivity index (χ1v) is 10.8. The molecule has 3 N–H and O–H groups in total. The van der Waals surface area contributed by atoms with Crippen LogP contribution in [0, 0.1) is 12.8 Å². The molecule has 2 aromatic rings. The minimum Gasteiger partial charge on any atom is -0.473 e. The van der Waals surface area contributed by atoms with Crippen molar-refractivity contribution < 1.29 is 24.6 Å². The van der Waals surface area contributed by atoms with Crippen molar-refractivity contribution in [2.24, 2.45) is 5.92 Å². The molecule has 0 saturated carbocycles. The molecule has 1 saturated heterocycles. The minimum atomic E-state index is -1.82. The van der Waals surface area contributed by atoms with Crippen LogP contribution in [0.15, 0.2) is 35.7 Å². The van der Waals surface area contributed by atoms with Gasteiger partial charge in [0, 0.05) is 28.9 Å². The predicted octanol–water partition coefficient (Wildman–Crippen LogP) is 3.39. The summed E-state index contributed by atoms with van der Waals surface area (Å²) in [6.07, 6.45) is 1.86. The van der Waals surface area contributed by atoms with Crippen molar-refractivity contribution in [1.82, 2.24) is 10.2 Å². The van der Waals surface area contributed by atoms with Crippen molar-refractivity contribution in [3.8, 4) is 0 Å². The second-order valence-corrected chi connectivity index (χ2v) is 8.40. The van der Waals surface area contributed by atoms with Crippen LogP contribution in [0.5, 0.6) is 0 Å². The summed E-state index contributed by atoms with van der Waals surface area (Å²) in [5, 5.41) is 20.7. The molecule has 1 amide bonds. The number of halogens is 1. The lowest BCUT2D eigenvalue weighted by Gasteiger charge is -2.31. The summed E-state index contributed by atoms with van der Waals surface area (Å²) < 4.78 is 0. The fourth-order valence-corrected chi connectivity index (χ4v) is 4.24. The van der Waals surface area contributed by atoms with E-state index in [2.05, 4.69) is 28.6 Å². The maximum absolute atomic E-state index is 12.4. The van der Waals surface area contributed by atoms with Crippen molar-refractivity contribution in [3.63, 3.8) is 0 Å². The first-order chi connectivity index (χ1) is 14.3. The van der Waals surface area contributed by atoms with E-state index < -0.39 is 11.9 Å². The molecule has 3 rings (SSSR count). The highest BCUT2D eigenvalue weighted by Crippen LogP contribution is 2.23. The van der Waals surface area contributed by atoms with E-state index in [9.17, 15) is 4.79 Å². The van der Waals surface area contributed by atoms with E-state index in [4.69, 9.17) is 31.4 Å². The maximum atomic E-state index is 12.4. The number of amides is 1. The number of carbonyl (C=O) groups excluding carboxylic acids is 1. The fourth-order valence-electron chi connectivity index (χ4n) is 3.09. The highest BCUT2D eigenvalue weighted by Gasteiger charge is 2.25. The number of aliphatic carboxylic acids is 2. The number of hydrogen-bond donors (Lipinski definition) is 3. The average molecular weight is 453 g/mol. The van der Waals surface area contributed by atoms with Crippen molar-refractivity contribution >= 4 is 40.8 Å². The summed E-state index contributed by atoms with van der Waals surface area (Å²) in [6.45, 7) is 5.66. The standard InChI is InChI=1S/C19H23ClN2OS.C2H2O4/c1-14-8-11-24-18(14)13-22-9-6-15(7-10-22)19(23)21-12-16-4-2-3-5-17(16)20;3-1(4)2(5)6/h2-5,8,11,15H,6-7,9-10,12-13H2,1H3,(H,21,23);(H,3,4)(H,5,6). The number of nitrogens with one attached hydrogen (secondary N) is 1. The lowest BCUT2D eigenvalue weighted by molar-refractivity contribution is -0.159. The molecule has 2 heterocycles. The van der Waals surface area contributed by atoms with Crippen LogP contribution in [0.25, 0.3) is 0 Å². The van der Waals surface area contributed by atoms with E-state index in [1.807, 2.05) is 35.6 Å². The zero-order valence-corrected chi connectivity index (χ0v) is 18.2. The molecule has 0 bridgehead atoms. The molecule has 1 aliphatic heterocycles. The van der Waals surface area contributed by atoms with E-state index in [1.54, 1.807) is 0 Å². The average Bonchev–Trinajstić information content (AvgIpc) is 3.12. The Morgan fingerprint density at radius 2 is 1.77 bits per heavy atom. The molecule has 0 unspecified atom stereocenters. The summed E-state index contributed by atoms with van der Waals surface area (Å²) in [5.74, 6) is -3.37. The highest BCUT2D eigenvalue weighted by molar-refractivity contribution is 7.10. The predicted molar refractivity (Wildman–Crippen MR) is 116 cm³/mol. The van der Waals surface area contributed by atoms with Crippen LogP contribution < -0.4 is 5.32 Å². The summed E-state index contributed by atoms with van der Waals surface area (Å²) in [7, 11) is 0. The topological polar surface area (TPSA) is 107 Å². The Bertz CT molecular complexity index is 866. The first-order valence-electron chi connectivity index (χ1n) is 9.50. The highest BCUT2D eigenvalue weighted by atomic mass is 35.5. The summed E-state index contributed by atoms with van der Waals surface area (Å²) in [6, 6.07) is 9.83. The van der Waals surface area contributed by atoms with Gasteiger partial charge in [-0.1, -0.05) is 29.8 Å². The molecular weight excluding hydrogens is 428 g/mol. The van der Waals surface area contributed by atoms with Gasteiger partial charge in [0.15, 0.2) is 0 Å². The monoisotopic (exact) mass is 452 g/mol. The Labute approximate surface area is 184 Å². The third-order valence-electron chi connectivity index (χ3n) is 4.89. The number of piperidine rings is 1. The van der Waals surface area contributed by atoms with Gasteiger partial charge in [0.25, 0.3) is 0 Å². The minimum absolute atomic E-state index is 0.119. The molecule has 162 valence electrons. The van der Waals surface area contributed by atoms with Gasteiger partial charge < -0.3 is 15.5 Å². The Kier molecular flexibility index (Phi) is 9.29. The Morgan fingerprint density at radius 1 is 1.13 bits per heavy atom. The summed E-state index contributed by atoms with van der Waals surface area (Å²) in [5.41, 5.74) is 2.35. The summed E-state index contributed by atoms with van der Waals surface area (Å²) in [4.78, 5) is 34.5. The van der Waals surface area contributed by atoms with Gasteiger partial charge in [0.05, 0.1) is 0 Å². The van der Waals surface area contributed by atoms with Crippen molar-refractivity contribution in [3.05, 3.63) is 56.7 Å². The molecule has 9 heteroatoms. The van der Waals surface area contributed by atoms with Crippen LogP contribution in [-0.4, -0.2) is 46.0 Å². The SMILES string of the molecule is Cc1ccsc1CN1CCC(C(=O)NCc2ccccc2Cl)CC1.O=C(O)C(=O)O. The number of carboxylic acid groups (broad SMARTS) is 2. The number of carboxylic acids is 2. The van der Waals surface area contributed by atoms with Gasteiger partial charge in [-0.25, -0.2) is 9.59 Å². The third kappa shape index (κ3) is 7.44. The van der Waals surface area contributed by atoms with Crippen LogP contribution in [0.4, 0.5) is 0 Å². The van der Waals surface area contributed by atoms with Crippen molar-refractivity contribution in [2.45, 2.75) is 32.9 Å². The zero-order valence-electron chi connectivity index (χ0n) is 16.6. The van der Waals surface area contributed by atoms with Gasteiger partial charge in [-0.3, -0.25) is 9.69 Å². The van der Waals surface area contributed by atoms with E-state index >= 15 is 0 Å². The number of rotatable bonds is 5. The number of benzene rings is 1. The first kappa shape index (κ1) is 23.9. The van der Waals surface area contributed by atoms with Crippen LogP contribution in [0.1, 0.15) is 28.8 Å². The number of aryl methyl sites for hydroxylation is 1. The number of thiophene rings is 1. The van der Waals surface area contributed by atoms with E-state index in [0.29, 0.717) is 11.6 Å². The quantitative estimate of drug-likeness (QED) is 0.600. The molecule has 1 aromatic carbocycles. The Balaban J connectivity index is 0.000000469. The smallest absolute Gasteiger partial charge is 0.414 e. The number of hydrogen-bond acceptors (Lipinski definition) is 5. The largest absolute Gasteiger partial charge is 0.473 e. The zero-order chi connectivity index (χ0) is 22.1. The van der Waals surface area contributed by atoms with Gasteiger partial charge in [-0.2, -0.15) is 0 Å². The lowest BCUT2D eigenvalue weighted by Crippen LogP contribution is -2.40. The van der Waals surface area contributed by atoms with E-state index in [1.165, 1.54) is 10.4 Å². The van der Waals surface area contributed by atoms with Gasteiger partial charge in [-0.05, 0) is 61.5 Å². The Morgan fingerprint density at radius 3 is 2.30 bits per heavy atom. The molecule has 0 aliphatic carbocycles. The molecule has 1 aliphatic rings. The van der Waals surface area contributed by atoms with Crippen molar-refractivity contribution in [2.75, 3.05) is 13.1 Å². The van der Waals surface area contributed by atoms with Gasteiger partial charge >= 0.3 is 11.9 Å². The van der Waals surface area contributed by atoms with E-state index in [0.717, 1.165) is 38.0 Å². The van der Waals surface area contributed by atoms with Gasteiger partial charge in [0.2, 0.25) is 5.91 Å². The maximum Gasteiger partial charge on any atom is 0.414 e. The second kappa shape index (κ2) is 11.7. The third-order valence-corrected chi connectivity index (χ3v) is 6.26. The van der Waals surface area contributed by atoms with Crippen LogP contribution in [0.2, 0.25) is 5.02 Å². The van der Waals surface area contributed by atoms with Crippen LogP contribution in [0.3, 0.4) is 0 Å². The van der Waals surface area contributed by atoms with Crippen LogP contribution >= 0.6 is 22.9 Å². The molecule has 7 nitrogen and oxygen atoms in total. The summed E-state index contributed by atoms with van der Waals surface area (Å²) >= 11 is 7.96. The fraction of sp³-hybridized carbons (Fsp3) is 0.381.